The summed E-state index contributed by atoms with van der Waals surface area (Å²) in [6, 6.07) is 0. The molecule has 0 spiro atoms. The molecule has 0 radical (unpaired) electrons. The van der Waals surface area contributed by atoms with Crippen molar-refractivity contribution in [3.8, 4) is 5.88 Å². The molecule has 0 N–H and O–H groups in total. The van der Waals surface area contributed by atoms with Gasteiger partial charge in [0, 0.05) is 12.4 Å². The van der Waals surface area contributed by atoms with Gasteiger partial charge in [0.05, 0.1) is 7.11 Å². The van der Waals surface area contributed by atoms with Crippen molar-refractivity contribution < 1.29 is 4.74 Å². The van der Waals surface area contributed by atoms with E-state index in [0.717, 1.165) is 0 Å². The third-order valence-electron chi connectivity index (χ3n) is 1.39. The summed E-state index contributed by atoms with van der Waals surface area (Å²) in [6.45, 7) is 0. The van der Waals surface area contributed by atoms with Gasteiger partial charge in [-0.2, -0.15) is 4.98 Å². The molecule has 0 saturated heterocycles. The largest absolute Gasteiger partial charge is 0.478 e. The highest BCUT2D eigenvalue weighted by atomic mass is 35.5. The Morgan fingerprint density at radius 3 is 3.17 bits per heavy atom. The fourth-order valence-electron chi connectivity index (χ4n) is 0.913. The number of methoxy groups -OCH3 is 1. The van der Waals surface area contributed by atoms with E-state index in [1.165, 1.54) is 11.6 Å². The number of fused-ring (bicyclic) bond motifs is 1. The molecule has 0 fully saturated rings. The minimum Gasteiger partial charge on any atom is -0.478 e. The molecule has 0 unspecified atom stereocenters. The van der Waals surface area contributed by atoms with Gasteiger partial charge in [0.1, 0.15) is 0 Å². The normalized spacial score (nSPS) is 10.5. The number of halogens is 1. The van der Waals surface area contributed by atoms with E-state index in [9.17, 15) is 0 Å². The first-order valence-corrected chi connectivity index (χ1v) is 3.60. The van der Waals surface area contributed by atoms with E-state index in [0.29, 0.717) is 11.5 Å². The number of rotatable bonds is 1. The summed E-state index contributed by atoms with van der Waals surface area (Å²) in [5.74, 6) is 0.375. The monoisotopic (exact) mass is 184 g/mol. The van der Waals surface area contributed by atoms with Crippen LogP contribution >= 0.6 is 11.6 Å². The standard InChI is InChI=1S/C6H5ClN4O/c1-12-5-4-8-2-3-11(4)10-6(7)9-5/h2-3H,1H3. The lowest BCUT2D eigenvalue weighted by Crippen LogP contribution is -1.98. The summed E-state index contributed by atoms with van der Waals surface area (Å²) in [5, 5.41) is 4.01. The smallest absolute Gasteiger partial charge is 0.262 e. The van der Waals surface area contributed by atoms with Gasteiger partial charge in [-0.25, -0.2) is 9.50 Å². The quantitative estimate of drug-likeness (QED) is 0.658. The maximum absolute atomic E-state index is 5.61. The average Bonchev–Trinajstić information content (AvgIpc) is 2.50. The van der Waals surface area contributed by atoms with Crippen LogP contribution in [0.25, 0.3) is 5.65 Å². The number of nitrogens with zero attached hydrogens (tertiary/aromatic N) is 4. The number of aromatic nitrogens is 4. The Labute approximate surface area is 73.0 Å². The molecule has 5 nitrogen and oxygen atoms in total. The fourth-order valence-corrected chi connectivity index (χ4v) is 1.07. The zero-order valence-corrected chi connectivity index (χ0v) is 6.99. The third kappa shape index (κ3) is 0.984. The SMILES string of the molecule is COc1nc(Cl)nn2ccnc12. The van der Waals surface area contributed by atoms with Gasteiger partial charge >= 0.3 is 0 Å². The third-order valence-corrected chi connectivity index (χ3v) is 1.55. The molecule has 0 saturated carbocycles. The maximum Gasteiger partial charge on any atom is 0.262 e. The highest BCUT2D eigenvalue weighted by Crippen LogP contribution is 2.14. The van der Waals surface area contributed by atoms with Crippen LogP contribution in [-0.2, 0) is 0 Å². The Kier molecular flexibility index (Phi) is 1.58. The van der Waals surface area contributed by atoms with Crippen LogP contribution in [0.1, 0.15) is 0 Å². The van der Waals surface area contributed by atoms with Gasteiger partial charge in [-0.1, -0.05) is 0 Å². The minimum atomic E-state index is 0.136. The molecule has 0 aromatic carbocycles. The molecule has 0 aliphatic rings. The lowest BCUT2D eigenvalue weighted by atomic mass is 10.7. The number of hydrogen-bond donors (Lipinski definition) is 0. The molecule has 2 aromatic heterocycles. The van der Waals surface area contributed by atoms with Gasteiger partial charge in [-0.15, -0.1) is 5.10 Å². The average molecular weight is 185 g/mol. The van der Waals surface area contributed by atoms with Crippen molar-refractivity contribution in [1.29, 1.82) is 0 Å². The Morgan fingerprint density at radius 2 is 2.42 bits per heavy atom. The molecule has 2 aromatic rings. The van der Waals surface area contributed by atoms with Crippen molar-refractivity contribution in [2.75, 3.05) is 7.11 Å². The first-order chi connectivity index (χ1) is 5.81. The summed E-state index contributed by atoms with van der Waals surface area (Å²) in [6.07, 6.45) is 3.27. The van der Waals surface area contributed by atoms with Crippen molar-refractivity contribution in [3.05, 3.63) is 17.7 Å². The molecule has 2 heterocycles. The highest BCUT2D eigenvalue weighted by Gasteiger charge is 2.06. The minimum absolute atomic E-state index is 0.136. The van der Waals surface area contributed by atoms with Crippen LogP contribution in [0.15, 0.2) is 12.4 Å². The van der Waals surface area contributed by atoms with E-state index in [-0.39, 0.29) is 5.28 Å². The van der Waals surface area contributed by atoms with Crippen molar-refractivity contribution in [2.45, 2.75) is 0 Å². The Bertz CT molecular complexity index is 413. The first kappa shape index (κ1) is 7.30. The summed E-state index contributed by atoms with van der Waals surface area (Å²) < 4.78 is 6.46. The number of hydrogen-bond acceptors (Lipinski definition) is 4. The predicted molar refractivity (Wildman–Crippen MR) is 42.3 cm³/mol. The van der Waals surface area contributed by atoms with Crippen molar-refractivity contribution in [2.24, 2.45) is 0 Å². The molecular weight excluding hydrogens is 180 g/mol. The number of imidazole rings is 1. The van der Waals surface area contributed by atoms with Gasteiger partial charge in [-0.3, -0.25) is 0 Å². The van der Waals surface area contributed by atoms with Crippen molar-refractivity contribution >= 4 is 17.2 Å². The lowest BCUT2D eigenvalue weighted by molar-refractivity contribution is 0.398. The molecule has 0 aliphatic heterocycles. The lowest BCUT2D eigenvalue weighted by Gasteiger charge is -1.99. The van der Waals surface area contributed by atoms with Crippen molar-refractivity contribution in [1.82, 2.24) is 19.6 Å². The van der Waals surface area contributed by atoms with Gasteiger partial charge in [0.2, 0.25) is 10.9 Å². The molecule has 0 amide bonds. The van der Waals surface area contributed by atoms with Crippen LogP contribution in [0.3, 0.4) is 0 Å². The first-order valence-electron chi connectivity index (χ1n) is 3.22. The van der Waals surface area contributed by atoms with E-state index < -0.39 is 0 Å². The molecule has 0 bridgehead atoms. The topological polar surface area (TPSA) is 52.3 Å². The number of ether oxygens (including phenoxy) is 1. The van der Waals surface area contributed by atoms with Crippen LogP contribution < -0.4 is 4.74 Å². The highest BCUT2D eigenvalue weighted by molar-refractivity contribution is 6.28. The fraction of sp³-hybridized carbons (Fsp3) is 0.167. The van der Waals surface area contributed by atoms with Gasteiger partial charge in [0.25, 0.3) is 5.88 Å². The maximum atomic E-state index is 5.61. The molecule has 12 heavy (non-hydrogen) atoms. The molecule has 0 aliphatic carbocycles. The summed E-state index contributed by atoms with van der Waals surface area (Å²) in [5.41, 5.74) is 0.557. The second kappa shape index (κ2) is 2.60. The molecular formula is C6H5ClN4O. The Balaban J connectivity index is 2.80. The Hall–Kier alpha value is -1.36. The molecule has 2 rings (SSSR count). The second-order valence-corrected chi connectivity index (χ2v) is 2.42. The van der Waals surface area contributed by atoms with Crippen LogP contribution in [0.5, 0.6) is 5.88 Å². The van der Waals surface area contributed by atoms with Crippen LogP contribution in [0, 0.1) is 0 Å². The van der Waals surface area contributed by atoms with Crippen LogP contribution in [0.4, 0.5) is 0 Å². The van der Waals surface area contributed by atoms with Gasteiger partial charge < -0.3 is 4.74 Å². The molecule has 62 valence electrons. The molecule has 0 atom stereocenters. The van der Waals surface area contributed by atoms with E-state index >= 15 is 0 Å². The summed E-state index contributed by atoms with van der Waals surface area (Å²) in [7, 11) is 1.51. The van der Waals surface area contributed by atoms with E-state index in [1.807, 2.05) is 0 Å². The predicted octanol–water partition coefficient (Wildman–Crippen LogP) is 0.786. The summed E-state index contributed by atoms with van der Waals surface area (Å²) >= 11 is 5.61. The van der Waals surface area contributed by atoms with E-state index in [2.05, 4.69) is 15.1 Å². The molecule has 6 heteroatoms. The van der Waals surface area contributed by atoms with Gasteiger partial charge in [-0.05, 0) is 11.6 Å². The second-order valence-electron chi connectivity index (χ2n) is 2.09. The van der Waals surface area contributed by atoms with Crippen LogP contribution in [0.2, 0.25) is 5.28 Å². The van der Waals surface area contributed by atoms with E-state index in [1.54, 1.807) is 12.4 Å². The summed E-state index contributed by atoms with van der Waals surface area (Å²) in [4.78, 5) is 7.83. The van der Waals surface area contributed by atoms with E-state index in [4.69, 9.17) is 16.3 Å². The van der Waals surface area contributed by atoms with Gasteiger partial charge in [0.15, 0.2) is 0 Å². The Morgan fingerprint density at radius 1 is 1.58 bits per heavy atom. The zero-order chi connectivity index (χ0) is 8.55. The van der Waals surface area contributed by atoms with Crippen molar-refractivity contribution in [3.63, 3.8) is 0 Å². The van der Waals surface area contributed by atoms with Crippen LogP contribution in [-0.4, -0.2) is 26.7 Å². The zero-order valence-electron chi connectivity index (χ0n) is 6.23.